The molecule has 0 aliphatic rings. The second-order valence-electron chi connectivity index (χ2n) is 7.12. The van der Waals surface area contributed by atoms with Crippen LogP contribution in [0.15, 0.2) is 60.5 Å². The van der Waals surface area contributed by atoms with Crippen LogP contribution in [0.25, 0.3) is 11.3 Å². The summed E-state index contributed by atoms with van der Waals surface area (Å²) in [6, 6.07) is 12.2. The summed E-state index contributed by atoms with van der Waals surface area (Å²) in [4.78, 5) is 8.52. The maximum absolute atomic E-state index is 14.7. The van der Waals surface area contributed by atoms with Crippen molar-refractivity contribution in [3.63, 3.8) is 0 Å². The van der Waals surface area contributed by atoms with Crippen molar-refractivity contribution in [1.29, 1.82) is 5.26 Å². The summed E-state index contributed by atoms with van der Waals surface area (Å²) in [6.07, 6.45) is 2.74. The molecular formula is C22H17F2N5OS. The highest BCUT2D eigenvalue weighted by Gasteiger charge is 2.41. The summed E-state index contributed by atoms with van der Waals surface area (Å²) >= 11 is 1.33. The van der Waals surface area contributed by atoms with Crippen molar-refractivity contribution in [3.05, 3.63) is 88.3 Å². The monoisotopic (exact) mass is 437 g/mol. The molecule has 4 rings (SSSR count). The van der Waals surface area contributed by atoms with Gasteiger partial charge in [0.1, 0.15) is 29.9 Å². The van der Waals surface area contributed by atoms with Gasteiger partial charge >= 0.3 is 0 Å². The number of thiazole rings is 1. The zero-order chi connectivity index (χ0) is 22.0. The van der Waals surface area contributed by atoms with E-state index in [0.29, 0.717) is 16.3 Å². The number of hydrogen-bond donors (Lipinski definition) is 1. The van der Waals surface area contributed by atoms with Gasteiger partial charge in [-0.05, 0) is 18.2 Å². The van der Waals surface area contributed by atoms with Crippen LogP contribution < -0.4 is 0 Å². The van der Waals surface area contributed by atoms with E-state index in [-0.39, 0.29) is 12.1 Å². The van der Waals surface area contributed by atoms with E-state index in [2.05, 4.69) is 21.1 Å². The fraction of sp³-hybridized carbons (Fsp3) is 0.182. The van der Waals surface area contributed by atoms with Gasteiger partial charge in [0.05, 0.1) is 28.9 Å². The first-order valence-electron chi connectivity index (χ1n) is 9.37. The zero-order valence-electron chi connectivity index (χ0n) is 16.4. The zero-order valence-corrected chi connectivity index (χ0v) is 17.2. The Bertz CT molecular complexity index is 1230. The molecule has 9 heteroatoms. The molecule has 0 amide bonds. The Morgan fingerprint density at radius 1 is 1.23 bits per heavy atom. The van der Waals surface area contributed by atoms with Crippen LogP contribution in [0.5, 0.6) is 0 Å². The van der Waals surface area contributed by atoms with Crippen LogP contribution in [0.2, 0.25) is 0 Å². The van der Waals surface area contributed by atoms with Gasteiger partial charge in [-0.1, -0.05) is 25.1 Å². The average molecular weight is 437 g/mol. The first kappa shape index (κ1) is 20.8. The molecule has 2 aromatic carbocycles. The third kappa shape index (κ3) is 4.08. The topological polar surface area (TPSA) is 87.6 Å². The van der Waals surface area contributed by atoms with E-state index >= 15 is 0 Å². The van der Waals surface area contributed by atoms with Crippen LogP contribution in [-0.2, 0) is 12.1 Å². The van der Waals surface area contributed by atoms with Crippen molar-refractivity contribution < 1.29 is 13.9 Å². The van der Waals surface area contributed by atoms with Crippen LogP contribution in [0.3, 0.4) is 0 Å². The molecule has 0 saturated carbocycles. The molecule has 0 saturated heterocycles. The Morgan fingerprint density at radius 3 is 2.65 bits per heavy atom. The van der Waals surface area contributed by atoms with Crippen molar-refractivity contribution >= 4 is 11.3 Å². The van der Waals surface area contributed by atoms with Gasteiger partial charge in [0.2, 0.25) is 0 Å². The summed E-state index contributed by atoms with van der Waals surface area (Å²) in [6.45, 7) is 1.64. The van der Waals surface area contributed by atoms with E-state index in [9.17, 15) is 13.9 Å². The molecule has 2 aromatic heterocycles. The van der Waals surface area contributed by atoms with Crippen LogP contribution >= 0.6 is 11.3 Å². The molecule has 0 spiro atoms. The lowest BCUT2D eigenvalue weighted by atomic mass is 9.82. The summed E-state index contributed by atoms with van der Waals surface area (Å²) in [5, 5.41) is 27.1. The van der Waals surface area contributed by atoms with Crippen molar-refractivity contribution in [2.45, 2.75) is 25.0 Å². The molecule has 0 unspecified atom stereocenters. The molecule has 1 N–H and O–H groups in total. The molecule has 0 radical (unpaired) electrons. The third-order valence-electron chi connectivity index (χ3n) is 5.19. The second kappa shape index (κ2) is 8.34. The Hall–Kier alpha value is -3.48. The summed E-state index contributed by atoms with van der Waals surface area (Å²) < 4.78 is 29.6. The Morgan fingerprint density at radius 2 is 2.00 bits per heavy atom. The van der Waals surface area contributed by atoms with Gasteiger partial charge in [0, 0.05) is 28.5 Å². The first-order chi connectivity index (χ1) is 14.9. The van der Waals surface area contributed by atoms with Gasteiger partial charge < -0.3 is 5.11 Å². The summed E-state index contributed by atoms with van der Waals surface area (Å²) in [7, 11) is 0. The highest BCUT2D eigenvalue weighted by molar-refractivity contribution is 7.10. The van der Waals surface area contributed by atoms with Crippen LogP contribution in [-0.4, -0.2) is 24.9 Å². The van der Waals surface area contributed by atoms with Crippen molar-refractivity contribution in [2.24, 2.45) is 0 Å². The fourth-order valence-corrected chi connectivity index (χ4v) is 4.37. The summed E-state index contributed by atoms with van der Waals surface area (Å²) in [5.41, 5.74) is 0.236. The van der Waals surface area contributed by atoms with Gasteiger partial charge in [-0.15, -0.1) is 11.3 Å². The van der Waals surface area contributed by atoms with Gasteiger partial charge in [-0.2, -0.15) is 10.4 Å². The van der Waals surface area contributed by atoms with Gasteiger partial charge in [0.15, 0.2) is 0 Å². The molecular weight excluding hydrogens is 420 g/mol. The maximum atomic E-state index is 14.7. The van der Waals surface area contributed by atoms with Crippen molar-refractivity contribution in [1.82, 2.24) is 19.7 Å². The van der Waals surface area contributed by atoms with E-state index in [0.717, 1.165) is 17.7 Å². The minimum absolute atomic E-state index is 0.0491. The largest absolute Gasteiger partial charge is 0.382 e. The van der Waals surface area contributed by atoms with Gasteiger partial charge in [-0.25, -0.2) is 23.4 Å². The molecule has 0 aliphatic carbocycles. The van der Waals surface area contributed by atoms with E-state index in [1.54, 1.807) is 31.2 Å². The van der Waals surface area contributed by atoms with E-state index < -0.39 is 23.2 Å². The Kier molecular flexibility index (Phi) is 5.59. The number of benzene rings is 2. The lowest BCUT2D eigenvalue weighted by Gasteiger charge is -2.33. The number of halogens is 2. The fourth-order valence-electron chi connectivity index (χ4n) is 3.40. The van der Waals surface area contributed by atoms with Crippen LogP contribution in [0.4, 0.5) is 8.78 Å². The van der Waals surface area contributed by atoms with Gasteiger partial charge in [0.25, 0.3) is 0 Å². The van der Waals surface area contributed by atoms with Crippen LogP contribution in [0.1, 0.15) is 29.0 Å². The molecule has 156 valence electrons. The Labute approximate surface area is 181 Å². The lowest BCUT2D eigenvalue weighted by molar-refractivity contribution is -0.0112. The maximum Gasteiger partial charge on any atom is 0.137 e. The highest BCUT2D eigenvalue weighted by atomic mass is 32.1. The van der Waals surface area contributed by atoms with Gasteiger partial charge in [-0.3, -0.25) is 0 Å². The normalized spacial score (nSPS) is 14.0. The second-order valence-corrected chi connectivity index (χ2v) is 8.01. The predicted octanol–water partition coefficient (Wildman–Crippen LogP) is 4.24. The molecule has 6 nitrogen and oxygen atoms in total. The average Bonchev–Trinajstić information content (AvgIpc) is 3.45. The molecule has 2 atom stereocenters. The quantitative estimate of drug-likeness (QED) is 0.487. The number of nitriles is 1. The van der Waals surface area contributed by atoms with Crippen LogP contribution in [0, 0.1) is 23.0 Å². The highest BCUT2D eigenvalue weighted by Crippen LogP contribution is 2.41. The number of aromatic nitrogens is 4. The molecule has 31 heavy (non-hydrogen) atoms. The summed E-state index contributed by atoms with van der Waals surface area (Å²) in [5.74, 6) is -2.22. The smallest absolute Gasteiger partial charge is 0.137 e. The molecule has 0 bridgehead atoms. The minimum Gasteiger partial charge on any atom is -0.382 e. The van der Waals surface area contributed by atoms with E-state index in [1.807, 2.05) is 5.38 Å². The molecule has 0 fully saturated rings. The standard InChI is InChI=1S/C22H17F2N5OS/c1-14(21-28-20(10-31-21)16-4-2-15(9-25)3-5-16)22(30,11-29-13-26-12-27-29)18-7-6-17(23)8-19(18)24/h2-8,10,12-14,30H,11H2,1H3/t14-,22+/m1/s1. The number of nitrogens with zero attached hydrogens (tertiary/aromatic N) is 5. The molecule has 0 aliphatic heterocycles. The number of aliphatic hydroxyl groups is 1. The minimum atomic E-state index is -1.76. The van der Waals surface area contributed by atoms with E-state index in [1.165, 1.54) is 34.7 Å². The van der Waals surface area contributed by atoms with Crippen molar-refractivity contribution in [3.8, 4) is 17.3 Å². The first-order valence-corrected chi connectivity index (χ1v) is 10.2. The Balaban J connectivity index is 1.73. The number of hydrogen-bond acceptors (Lipinski definition) is 6. The number of rotatable bonds is 6. The SMILES string of the molecule is C[C@H](c1nc(-c2ccc(C#N)cc2)cs1)[C@@](O)(Cn1cncn1)c1ccc(F)cc1F. The van der Waals surface area contributed by atoms with E-state index in [4.69, 9.17) is 5.26 Å². The van der Waals surface area contributed by atoms with Crippen molar-refractivity contribution in [2.75, 3.05) is 0 Å². The molecule has 4 aromatic rings. The third-order valence-corrected chi connectivity index (χ3v) is 6.21. The predicted molar refractivity (Wildman–Crippen MR) is 111 cm³/mol. The molecule has 2 heterocycles. The lowest BCUT2D eigenvalue weighted by Crippen LogP contribution is -2.38.